The molecule has 0 aromatic heterocycles. The van der Waals surface area contributed by atoms with Gasteiger partial charge in [0, 0.05) is 36.4 Å². The van der Waals surface area contributed by atoms with Crippen LogP contribution in [0, 0.1) is 34.3 Å². The third-order valence-corrected chi connectivity index (χ3v) is 9.36. The van der Waals surface area contributed by atoms with Gasteiger partial charge in [-0.1, -0.05) is 55.2 Å². The molecule has 2 aromatic carbocycles. The number of amides is 1. The molecule has 12 heteroatoms. The van der Waals surface area contributed by atoms with E-state index in [1.54, 1.807) is 0 Å². The second-order valence-electron chi connectivity index (χ2n) is 11.9. The molecule has 4 rings (SSSR count). The molecule has 0 spiro atoms. The SMILES string of the molecule is CC(C)(C[C@@H]1N[C@H](OC(=O)NCC[C@H](O)CO)[C@H](c2cccc(Cl)c2F)[C@@]1(C#N)c1ccc(Cl)cc1F)C1CCOCC1. The Labute approximate surface area is 260 Å². The van der Waals surface area contributed by atoms with Gasteiger partial charge in [0.2, 0.25) is 0 Å². The van der Waals surface area contributed by atoms with Crippen molar-refractivity contribution in [3.05, 3.63) is 69.2 Å². The molecule has 0 saturated carbocycles. The summed E-state index contributed by atoms with van der Waals surface area (Å²) in [7, 11) is 0. The molecule has 2 aliphatic heterocycles. The van der Waals surface area contributed by atoms with Gasteiger partial charge in [0.25, 0.3) is 0 Å². The number of nitrogens with one attached hydrogen (secondary N) is 2. The van der Waals surface area contributed by atoms with Crippen LogP contribution in [0.3, 0.4) is 0 Å². The highest BCUT2D eigenvalue weighted by Gasteiger charge is 2.61. The predicted molar refractivity (Wildman–Crippen MR) is 158 cm³/mol. The molecule has 8 nitrogen and oxygen atoms in total. The number of halogens is 4. The number of nitriles is 1. The predicted octanol–water partition coefficient (Wildman–Crippen LogP) is 5.43. The van der Waals surface area contributed by atoms with Gasteiger partial charge in [-0.2, -0.15) is 5.26 Å². The van der Waals surface area contributed by atoms with E-state index in [1.807, 2.05) is 0 Å². The van der Waals surface area contributed by atoms with E-state index in [2.05, 4.69) is 30.6 Å². The Hall–Kier alpha value is -2.52. The maximum absolute atomic E-state index is 15.9. The van der Waals surface area contributed by atoms with Gasteiger partial charge in [0.15, 0.2) is 6.23 Å². The lowest BCUT2D eigenvalue weighted by atomic mass is 9.61. The Balaban J connectivity index is 1.83. The molecule has 43 heavy (non-hydrogen) atoms. The zero-order chi connectivity index (χ0) is 31.4. The molecule has 2 saturated heterocycles. The van der Waals surface area contributed by atoms with E-state index in [-0.39, 0.29) is 45.5 Å². The van der Waals surface area contributed by atoms with Crippen molar-refractivity contribution in [3.63, 3.8) is 0 Å². The van der Waals surface area contributed by atoms with Crippen molar-refractivity contribution in [3.8, 4) is 6.07 Å². The van der Waals surface area contributed by atoms with Crippen LogP contribution in [-0.2, 0) is 14.9 Å². The molecule has 2 heterocycles. The van der Waals surface area contributed by atoms with Gasteiger partial charge in [-0.3, -0.25) is 5.32 Å². The number of hydrogen-bond acceptors (Lipinski definition) is 7. The Morgan fingerprint density at radius 2 is 2.00 bits per heavy atom. The molecule has 0 radical (unpaired) electrons. The number of nitrogens with zero attached hydrogens (tertiary/aromatic N) is 1. The van der Waals surface area contributed by atoms with Gasteiger partial charge in [-0.15, -0.1) is 0 Å². The van der Waals surface area contributed by atoms with Gasteiger partial charge in [0.1, 0.15) is 17.0 Å². The number of carbonyl (C=O) groups is 1. The first kappa shape index (κ1) is 33.4. The second kappa shape index (κ2) is 14.1. The average molecular weight is 641 g/mol. The molecule has 2 fully saturated rings. The number of rotatable bonds is 10. The number of alkyl carbamates (subject to hydrolysis) is 1. The van der Waals surface area contributed by atoms with E-state index in [9.17, 15) is 15.2 Å². The quantitative estimate of drug-likeness (QED) is 0.273. The lowest BCUT2D eigenvalue weighted by Crippen LogP contribution is -2.47. The third kappa shape index (κ3) is 7.08. The molecule has 5 atom stereocenters. The first-order chi connectivity index (χ1) is 20.4. The number of aliphatic hydroxyl groups is 2. The third-order valence-electron chi connectivity index (χ3n) is 8.84. The normalized spacial score (nSPS) is 25.2. The summed E-state index contributed by atoms with van der Waals surface area (Å²) in [5.41, 5.74) is -2.17. The van der Waals surface area contributed by atoms with E-state index in [0.29, 0.717) is 19.6 Å². The maximum atomic E-state index is 15.9. The van der Waals surface area contributed by atoms with E-state index in [0.717, 1.165) is 18.9 Å². The van der Waals surface area contributed by atoms with E-state index < -0.39 is 54.0 Å². The van der Waals surface area contributed by atoms with Crippen molar-refractivity contribution in [1.82, 2.24) is 10.6 Å². The smallest absolute Gasteiger partial charge is 0.408 e. The summed E-state index contributed by atoms with van der Waals surface area (Å²) in [5, 5.41) is 35.4. The molecule has 0 unspecified atom stereocenters. The van der Waals surface area contributed by atoms with Crippen LogP contribution in [0.4, 0.5) is 13.6 Å². The van der Waals surface area contributed by atoms with Gasteiger partial charge in [-0.25, -0.2) is 13.6 Å². The van der Waals surface area contributed by atoms with E-state index >= 15 is 8.78 Å². The molecule has 0 aliphatic carbocycles. The second-order valence-corrected chi connectivity index (χ2v) is 12.7. The fourth-order valence-corrected chi connectivity index (χ4v) is 6.86. The van der Waals surface area contributed by atoms with Crippen LogP contribution in [-0.4, -0.2) is 61.0 Å². The monoisotopic (exact) mass is 639 g/mol. The van der Waals surface area contributed by atoms with Crippen molar-refractivity contribution < 1.29 is 33.3 Å². The zero-order valence-corrected chi connectivity index (χ0v) is 25.6. The number of benzene rings is 2. The number of carbonyl (C=O) groups excluding carboxylic acids is 1. The van der Waals surface area contributed by atoms with Crippen molar-refractivity contribution in [2.45, 2.75) is 69.2 Å². The highest BCUT2D eigenvalue weighted by Crippen LogP contribution is 2.54. The maximum Gasteiger partial charge on any atom is 0.408 e. The molecule has 0 bridgehead atoms. The summed E-state index contributed by atoms with van der Waals surface area (Å²) in [5.74, 6) is -2.55. The summed E-state index contributed by atoms with van der Waals surface area (Å²) < 4.78 is 43.0. The molecular weight excluding hydrogens is 603 g/mol. The first-order valence-electron chi connectivity index (χ1n) is 14.3. The Kier molecular flexibility index (Phi) is 10.9. The van der Waals surface area contributed by atoms with Gasteiger partial charge < -0.3 is 25.0 Å². The summed E-state index contributed by atoms with van der Waals surface area (Å²) in [6.45, 7) is 4.88. The van der Waals surface area contributed by atoms with Gasteiger partial charge in [0.05, 0.1) is 29.7 Å². The topological polar surface area (TPSA) is 124 Å². The highest BCUT2D eigenvalue weighted by atomic mass is 35.5. The lowest BCUT2D eigenvalue weighted by Gasteiger charge is -2.42. The molecule has 234 valence electrons. The minimum Gasteiger partial charge on any atom is -0.430 e. The summed E-state index contributed by atoms with van der Waals surface area (Å²) in [6.07, 6.45) is -1.17. The van der Waals surface area contributed by atoms with Crippen LogP contribution in [0.25, 0.3) is 0 Å². The van der Waals surface area contributed by atoms with Crippen molar-refractivity contribution in [2.75, 3.05) is 26.4 Å². The molecule has 1 amide bonds. The Bertz CT molecular complexity index is 1340. The standard InChI is InChI=1S/C31H37Cl2F2N3O5/c1-30(2,18-9-12-42-13-10-18)15-25-31(17-36,22-7-6-19(32)14-24(22)34)26(21-4-3-5-23(33)27(21)35)28(38-25)43-29(41)37-11-8-20(40)16-39/h3-7,14,18,20,25-26,28,38-40H,8-13,15-16H2,1-2H3,(H,37,41)/t20-,25-,26-,28+,31-/m0/s1. The lowest BCUT2D eigenvalue weighted by molar-refractivity contribution is 0.0140. The highest BCUT2D eigenvalue weighted by molar-refractivity contribution is 6.31. The van der Waals surface area contributed by atoms with Crippen LogP contribution < -0.4 is 10.6 Å². The van der Waals surface area contributed by atoms with Crippen LogP contribution in [0.2, 0.25) is 10.0 Å². The van der Waals surface area contributed by atoms with Gasteiger partial charge >= 0.3 is 6.09 Å². The number of ether oxygens (including phenoxy) is 2. The fraction of sp³-hybridized carbons (Fsp3) is 0.548. The van der Waals surface area contributed by atoms with Crippen molar-refractivity contribution in [1.29, 1.82) is 5.26 Å². The van der Waals surface area contributed by atoms with Crippen LogP contribution in [0.5, 0.6) is 0 Å². The molecular formula is C31H37Cl2F2N3O5. The average Bonchev–Trinajstić information content (AvgIpc) is 3.26. The van der Waals surface area contributed by atoms with Crippen molar-refractivity contribution >= 4 is 29.3 Å². The van der Waals surface area contributed by atoms with Crippen LogP contribution in [0.1, 0.15) is 56.6 Å². The molecule has 4 N–H and O–H groups in total. The fourth-order valence-electron chi connectivity index (χ4n) is 6.52. The first-order valence-corrected chi connectivity index (χ1v) is 15.1. The summed E-state index contributed by atoms with van der Waals surface area (Å²) in [6, 6.07) is 9.87. The minimum absolute atomic E-state index is 0.0124. The summed E-state index contributed by atoms with van der Waals surface area (Å²) in [4.78, 5) is 13.0. The number of aliphatic hydroxyl groups excluding tert-OH is 2. The van der Waals surface area contributed by atoms with Crippen molar-refractivity contribution in [2.24, 2.45) is 11.3 Å². The largest absolute Gasteiger partial charge is 0.430 e. The molecule has 2 aliphatic rings. The van der Waals surface area contributed by atoms with E-state index in [1.165, 1.54) is 30.3 Å². The minimum atomic E-state index is -1.76. The Morgan fingerprint density at radius 3 is 2.65 bits per heavy atom. The zero-order valence-electron chi connectivity index (χ0n) is 24.1. The molecule has 2 aromatic rings. The van der Waals surface area contributed by atoms with Crippen LogP contribution >= 0.6 is 23.2 Å². The van der Waals surface area contributed by atoms with Crippen LogP contribution in [0.15, 0.2) is 36.4 Å². The number of hydrogen-bond donors (Lipinski definition) is 4. The summed E-state index contributed by atoms with van der Waals surface area (Å²) >= 11 is 12.3. The van der Waals surface area contributed by atoms with Gasteiger partial charge in [-0.05, 0) is 60.8 Å². The Morgan fingerprint density at radius 1 is 1.28 bits per heavy atom. The van der Waals surface area contributed by atoms with E-state index in [4.69, 9.17) is 37.8 Å².